The summed E-state index contributed by atoms with van der Waals surface area (Å²) >= 11 is 3.22. The van der Waals surface area contributed by atoms with Gasteiger partial charge in [0.05, 0.1) is 17.8 Å². The molecule has 0 aliphatic rings. The molecule has 0 radical (unpaired) electrons. The van der Waals surface area contributed by atoms with Crippen molar-refractivity contribution in [2.45, 2.75) is 19.8 Å². The molecule has 0 atom stereocenters. The Labute approximate surface area is 84.2 Å². The highest BCUT2D eigenvalue weighted by molar-refractivity contribution is 9.10. The molecule has 0 aromatic carbocycles. The summed E-state index contributed by atoms with van der Waals surface area (Å²) in [6, 6.07) is 0. The van der Waals surface area contributed by atoms with Gasteiger partial charge in [-0.3, -0.25) is 9.78 Å². The Balaban J connectivity index is 2.68. The number of carboxylic acids is 1. The minimum absolute atomic E-state index is 0.0930. The molecule has 0 aliphatic carbocycles. The Morgan fingerprint density at radius 2 is 2.38 bits per heavy atom. The van der Waals surface area contributed by atoms with Crippen molar-refractivity contribution in [2.24, 2.45) is 0 Å². The minimum Gasteiger partial charge on any atom is -0.481 e. The fraction of sp³-hybridized carbons (Fsp3) is 0.375. The van der Waals surface area contributed by atoms with E-state index in [1.165, 1.54) is 0 Å². The highest BCUT2D eigenvalue weighted by Crippen LogP contribution is 2.10. The molecule has 5 heteroatoms. The zero-order chi connectivity index (χ0) is 9.84. The standard InChI is InChI=1S/C8H9BrN2O2/c1-5-8(9)10-4-6(11-5)2-3-7(12)13/h4H,2-3H2,1H3,(H,12,13). The molecule has 0 saturated carbocycles. The van der Waals surface area contributed by atoms with Gasteiger partial charge >= 0.3 is 5.97 Å². The molecule has 0 amide bonds. The molecule has 1 rings (SSSR count). The molecule has 0 unspecified atom stereocenters. The quantitative estimate of drug-likeness (QED) is 0.877. The average molecular weight is 245 g/mol. The lowest BCUT2D eigenvalue weighted by molar-refractivity contribution is -0.136. The van der Waals surface area contributed by atoms with Crippen LogP contribution in [0.3, 0.4) is 0 Å². The van der Waals surface area contributed by atoms with Crippen LogP contribution in [-0.4, -0.2) is 21.0 Å². The third-order valence-corrected chi connectivity index (χ3v) is 2.31. The number of carbonyl (C=O) groups is 1. The van der Waals surface area contributed by atoms with Gasteiger partial charge in [0.25, 0.3) is 0 Å². The molecule has 4 nitrogen and oxygen atoms in total. The predicted molar refractivity (Wildman–Crippen MR) is 50.4 cm³/mol. The Hall–Kier alpha value is -0.970. The number of hydrogen-bond donors (Lipinski definition) is 1. The van der Waals surface area contributed by atoms with E-state index in [2.05, 4.69) is 25.9 Å². The van der Waals surface area contributed by atoms with Gasteiger partial charge in [0, 0.05) is 12.6 Å². The summed E-state index contributed by atoms with van der Waals surface area (Å²) in [6.07, 6.45) is 2.10. The molecule has 1 N–H and O–H groups in total. The van der Waals surface area contributed by atoms with E-state index < -0.39 is 5.97 Å². The lowest BCUT2D eigenvalue weighted by atomic mass is 10.2. The molecule has 13 heavy (non-hydrogen) atoms. The van der Waals surface area contributed by atoms with Crippen molar-refractivity contribution in [3.8, 4) is 0 Å². The number of aryl methyl sites for hydroxylation is 2. The second-order valence-electron chi connectivity index (χ2n) is 2.63. The van der Waals surface area contributed by atoms with Crippen molar-refractivity contribution < 1.29 is 9.90 Å². The van der Waals surface area contributed by atoms with Crippen LogP contribution in [-0.2, 0) is 11.2 Å². The summed E-state index contributed by atoms with van der Waals surface area (Å²) in [5.74, 6) is -0.817. The van der Waals surface area contributed by atoms with Gasteiger partial charge in [-0.2, -0.15) is 0 Å². The van der Waals surface area contributed by atoms with E-state index in [9.17, 15) is 4.79 Å². The highest BCUT2D eigenvalue weighted by atomic mass is 79.9. The van der Waals surface area contributed by atoms with E-state index >= 15 is 0 Å². The van der Waals surface area contributed by atoms with E-state index in [4.69, 9.17) is 5.11 Å². The van der Waals surface area contributed by atoms with Crippen LogP contribution in [0, 0.1) is 6.92 Å². The molecule has 0 saturated heterocycles. The Kier molecular flexibility index (Phi) is 3.36. The van der Waals surface area contributed by atoms with Crippen molar-refractivity contribution in [3.63, 3.8) is 0 Å². The fourth-order valence-corrected chi connectivity index (χ4v) is 1.06. The molecule has 0 fully saturated rings. The number of rotatable bonds is 3. The van der Waals surface area contributed by atoms with Crippen molar-refractivity contribution >= 4 is 21.9 Å². The Morgan fingerprint density at radius 3 is 2.92 bits per heavy atom. The highest BCUT2D eigenvalue weighted by Gasteiger charge is 2.03. The second kappa shape index (κ2) is 4.32. The lowest BCUT2D eigenvalue weighted by Crippen LogP contribution is -2.01. The number of hydrogen-bond acceptors (Lipinski definition) is 3. The monoisotopic (exact) mass is 244 g/mol. The molecule has 0 aliphatic heterocycles. The van der Waals surface area contributed by atoms with Crippen molar-refractivity contribution in [2.75, 3.05) is 0 Å². The van der Waals surface area contributed by atoms with E-state index in [1.54, 1.807) is 6.20 Å². The number of halogens is 1. The van der Waals surface area contributed by atoms with Crippen molar-refractivity contribution in [1.29, 1.82) is 0 Å². The van der Waals surface area contributed by atoms with Crippen LogP contribution in [0.1, 0.15) is 17.8 Å². The topological polar surface area (TPSA) is 63.1 Å². The van der Waals surface area contributed by atoms with Gasteiger partial charge in [-0.1, -0.05) is 0 Å². The van der Waals surface area contributed by atoms with E-state index in [0.29, 0.717) is 16.7 Å². The van der Waals surface area contributed by atoms with Gasteiger partial charge in [-0.25, -0.2) is 4.98 Å². The second-order valence-corrected chi connectivity index (χ2v) is 3.38. The zero-order valence-electron chi connectivity index (χ0n) is 7.12. The Bertz CT molecular complexity index is 328. The van der Waals surface area contributed by atoms with Crippen LogP contribution in [0.25, 0.3) is 0 Å². The van der Waals surface area contributed by atoms with Crippen LogP contribution in [0.15, 0.2) is 10.8 Å². The smallest absolute Gasteiger partial charge is 0.303 e. The van der Waals surface area contributed by atoms with Gasteiger partial charge in [-0.15, -0.1) is 0 Å². The molecule has 1 aromatic heterocycles. The molecular weight excluding hydrogens is 236 g/mol. The molecular formula is C8H9BrN2O2. The Morgan fingerprint density at radius 1 is 1.69 bits per heavy atom. The van der Waals surface area contributed by atoms with Crippen LogP contribution >= 0.6 is 15.9 Å². The van der Waals surface area contributed by atoms with E-state index in [-0.39, 0.29) is 6.42 Å². The molecule has 0 spiro atoms. The molecule has 1 heterocycles. The van der Waals surface area contributed by atoms with Gasteiger partial charge in [0.2, 0.25) is 0 Å². The summed E-state index contributed by atoms with van der Waals surface area (Å²) in [6.45, 7) is 1.82. The molecule has 0 bridgehead atoms. The average Bonchev–Trinajstić information content (AvgIpc) is 2.07. The first kappa shape index (κ1) is 10.1. The van der Waals surface area contributed by atoms with E-state index in [0.717, 1.165) is 5.69 Å². The third kappa shape index (κ3) is 3.10. The summed E-state index contributed by atoms with van der Waals surface area (Å²) < 4.78 is 0.701. The fourth-order valence-electron chi connectivity index (χ4n) is 0.870. The number of aliphatic carboxylic acids is 1. The first-order valence-electron chi connectivity index (χ1n) is 3.79. The van der Waals surface area contributed by atoms with Gasteiger partial charge in [0.1, 0.15) is 4.60 Å². The predicted octanol–water partition coefficient (Wildman–Crippen LogP) is 1.56. The summed E-state index contributed by atoms with van der Waals surface area (Å²) in [4.78, 5) is 18.5. The van der Waals surface area contributed by atoms with Gasteiger partial charge in [-0.05, 0) is 22.9 Å². The summed E-state index contributed by atoms with van der Waals surface area (Å²) in [5.41, 5.74) is 1.49. The maximum Gasteiger partial charge on any atom is 0.303 e. The van der Waals surface area contributed by atoms with Crippen molar-refractivity contribution in [3.05, 3.63) is 22.2 Å². The lowest BCUT2D eigenvalue weighted by Gasteiger charge is -2.00. The van der Waals surface area contributed by atoms with Crippen LogP contribution in [0.2, 0.25) is 0 Å². The summed E-state index contributed by atoms with van der Waals surface area (Å²) in [7, 11) is 0. The first-order chi connectivity index (χ1) is 6.09. The van der Waals surface area contributed by atoms with Crippen LogP contribution in [0.4, 0.5) is 0 Å². The largest absolute Gasteiger partial charge is 0.481 e. The third-order valence-electron chi connectivity index (χ3n) is 1.53. The maximum absolute atomic E-state index is 10.3. The SMILES string of the molecule is Cc1nc(CCC(=O)O)cnc1Br. The maximum atomic E-state index is 10.3. The van der Waals surface area contributed by atoms with Crippen molar-refractivity contribution in [1.82, 2.24) is 9.97 Å². The number of aromatic nitrogens is 2. The normalized spacial score (nSPS) is 10.0. The minimum atomic E-state index is -0.817. The summed E-state index contributed by atoms with van der Waals surface area (Å²) in [5, 5.41) is 8.44. The first-order valence-corrected chi connectivity index (χ1v) is 4.58. The number of nitrogens with zero attached hydrogens (tertiary/aromatic N) is 2. The van der Waals surface area contributed by atoms with Crippen LogP contribution < -0.4 is 0 Å². The zero-order valence-corrected chi connectivity index (χ0v) is 8.71. The van der Waals surface area contributed by atoms with Gasteiger partial charge in [0.15, 0.2) is 0 Å². The molecule has 1 aromatic rings. The van der Waals surface area contributed by atoms with E-state index in [1.807, 2.05) is 6.92 Å². The number of carboxylic acid groups (broad SMARTS) is 1. The van der Waals surface area contributed by atoms with Crippen LogP contribution in [0.5, 0.6) is 0 Å². The molecule has 70 valence electrons. The van der Waals surface area contributed by atoms with Gasteiger partial charge < -0.3 is 5.11 Å².